The minimum absolute atomic E-state index is 0.201. The van der Waals surface area contributed by atoms with E-state index in [1.54, 1.807) is 13.0 Å². The van der Waals surface area contributed by atoms with Gasteiger partial charge >= 0.3 is 0 Å². The van der Waals surface area contributed by atoms with Gasteiger partial charge in [-0.25, -0.2) is 0 Å². The molecular weight excluding hydrogens is 280 g/mol. The zero-order chi connectivity index (χ0) is 15.4. The van der Waals surface area contributed by atoms with E-state index in [1.165, 1.54) is 0 Å². The van der Waals surface area contributed by atoms with Crippen molar-refractivity contribution in [3.05, 3.63) is 41.5 Å². The van der Waals surface area contributed by atoms with Gasteiger partial charge in [0.2, 0.25) is 5.89 Å². The van der Waals surface area contributed by atoms with E-state index in [0.717, 1.165) is 31.8 Å². The molecule has 6 heteroatoms. The van der Waals surface area contributed by atoms with Crippen LogP contribution in [0.2, 0.25) is 0 Å². The summed E-state index contributed by atoms with van der Waals surface area (Å²) in [4.78, 5) is 6.64. The second kappa shape index (κ2) is 6.58. The molecule has 0 saturated carbocycles. The van der Waals surface area contributed by atoms with E-state index in [2.05, 4.69) is 21.1 Å². The first-order valence-electron chi connectivity index (χ1n) is 7.44. The van der Waals surface area contributed by atoms with Crippen molar-refractivity contribution in [3.8, 4) is 11.8 Å². The lowest BCUT2D eigenvalue weighted by Crippen LogP contribution is -2.28. The molecule has 6 nitrogen and oxygen atoms in total. The van der Waals surface area contributed by atoms with Gasteiger partial charge in [0.05, 0.1) is 11.6 Å². The largest absolute Gasteiger partial charge is 0.491 e. The van der Waals surface area contributed by atoms with Crippen LogP contribution >= 0.6 is 0 Å². The third-order valence-electron chi connectivity index (χ3n) is 3.85. The Morgan fingerprint density at radius 3 is 3.09 bits per heavy atom. The Kier molecular flexibility index (Phi) is 4.35. The van der Waals surface area contributed by atoms with Crippen LogP contribution in [-0.4, -0.2) is 34.7 Å². The lowest BCUT2D eigenvalue weighted by Gasteiger charge is -2.21. The SMILES string of the molecule is Cc1nc(C2CCCN2CCOc2ccccc2C#N)no1. The molecule has 0 bridgehead atoms. The average molecular weight is 298 g/mol. The fraction of sp³-hybridized carbons (Fsp3) is 0.438. The lowest BCUT2D eigenvalue weighted by atomic mass is 10.2. The van der Waals surface area contributed by atoms with Crippen molar-refractivity contribution in [2.24, 2.45) is 0 Å². The lowest BCUT2D eigenvalue weighted by molar-refractivity contribution is 0.190. The number of aryl methyl sites for hydroxylation is 1. The minimum Gasteiger partial charge on any atom is -0.491 e. The van der Waals surface area contributed by atoms with E-state index in [-0.39, 0.29) is 6.04 Å². The number of benzene rings is 1. The van der Waals surface area contributed by atoms with Crippen molar-refractivity contribution in [2.75, 3.05) is 19.7 Å². The molecule has 1 fully saturated rings. The molecule has 1 aromatic heterocycles. The minimum atomic E-state index is 0.201. The van der Waals surface area contributed by atoms with Crippen LogP contribution in [0.25, 0.3) is 0 Å². The fourth-order valence-corrected chi connectivity index (χ4v) is 2.79. The first-order chi connectivity index (χ1) is 10.8. The first kappa shape index (κ1) is 14.5. The number of likely N-dealkylation sites (tertiary alicyclic amines) is 1. The average Bonchev–Trinajstić information content (AvgIpc) is 3.16. The van der Waals surface area contributed by atoms with E-state index in [9.17, 15) is 0 Å². The molecule has 2 heterocycles. The molecule has 0 radical (unpaired) electrons. The Morgan fingerprint density at radius 2 is 2.32 bits per heavy atom. The van der Waals surface area contributed by atoms with Gasteiger partial charge in [-0.2, -0.15) is 10.2 Å². The molecule has 22 heavy (non-hydrogen) atoms. The van der Waals surface area contributed by atoms with Gasteiger partial charge in [0.1, 0.15) is 18.4 Å². The number of hydrogen-bond donors (Lipinski definition) is 0. The Hall–Kier alpha value is -2.39. The molecule has 0 aliphatic carbocycles. The van der Waals surface area contributed by atoms with Crippen molar-refractivity contribution < 1.29 is 9.26 Å². The zero-order valence-electron chi connectivity index (χ0n) is 12.5. The number of ether oxygens (including phenoxy) is 1. The Bertz CT molecular complexity index is 677. The highest BCUT2D eigenvalue weighted by atomic mass is 16.5. The van der Waals surface area contributed by atoms with Crippen LogP contribution in [0.3, 0.4) is 0 Å². The third-order valence-corrected chi connectivity index (χ3v) is 3.85. The van der Waals surface area contributed by atoms with Crippen molar-refractivity contribution in [1.82, 2.24) is 15.0 Å². The van der Waals surface area contributed by atoms with Crippen LogP contribution in [0.15, 0.2) is 28.8 Å². The fourth-order valence-electron chi connectivity index (χ4n) is 2.79. The second-order valence-electron chi connectivity index (χ2n) is 5.32. The van der Waals surface area contributed by atoms with Crippen LogP contribution in [0, 0.1) is 18.3 Å². The Labute approximate surface area is 129 Å². The maximum absolute atomic E-state index is 9.05. The van der Waals surface area contributed by atoms with E-state index in [4.69, 9.17) is 14.5 Å². The summed E-state index contributed by atoms with van der Waals surface area (Å²) in [6.07, 6.45) is 2.15. The predicted molar refractivity (Wildman–Crippen MR) is 79.2 cm³/mol. The molecule has 1 aliphatic heterocycles. The van der Waals surface area contributed by atoms with Crippen LogP contribution in [0.1, 0.15) is 36.2 Å². The number of para-hydroxylation sites is 1. The van der Waals surface area contributed by atoms with E-state index >= 15 is 0 Å². The van der Waals surface area contributed by atoms with Crippen molar-refractivity contribution in [3.63, 3.8) is 0 Å². The number of rotatable bonds is 5. The van der Waals surface area contributed by atoms with E-state index < -0.39 is 0 Å². The molecular formula is C16H18N4O2. The molecule has 1 aliphatic rings. The smallest absolute Gasteiger partial charge is 0.223 e. The standard InChI is InChI=1S/C16H18N4O2/c1-12-18-16(19-22-12)14-6-4-8-20(14)9-10-21-15-7-3-2-5-13(15)11-17/h2-3,5,7,14H,4,6,8-10H2,1H3. The van der Waals surface area contributed by atoms with E-state index in [0.29, 0.717) is 23.8 Å². The number of aromatic nitrogens is 2. The Balaban J connectivity index is 1.58. The number of nitriles is 1. The molecule has 0 amide bonds. The zero-order valence-corrected chi connectivity index (χ0v) is 12.5. The van der Waals surface area contributed by atoms with Crippen LogP contribution in [-0.2, 0) is 0 Å². The summed E-state index contributed by atoms with van der Waals surface area (Å²) in [6.45, 7) is 4.11. The highest BCUT2D eigenvalue weighted by Crippen LogP contribution is 2.29. The van der Waals surface area contributed by atoms with E-state index in [1.807, 2.05) is 18.2 Å². The number of nitrogens with zero attached hydrogens (tertiary/aromatic N) is 4. The molecule has 114 valence electrons. The molecule has 1 unspecified atom stereocenters. The van der Waals surface area contributed by atoms with Gasteiger partial charge in [0.15, 0.2) is 5.82 Å². The predicted octanol–water partition coefficient (Wildman–Crippen LogP) is 2.47. The van der Waals surface area contributed by atoms with Crippen LogP contribution < -0.4 is 4.74 Å². The monoisotopic (exact) mass is 298 g/mol. The topological polar surface area (TPSA) is 75.2 Å². The first-order valence-corrected chi connectivity index (χ1v) is 7.44. The summed E-state index contributed by atoms with van der Waals surface area (Å²) in [5.74, 6) is 1.99. The summed E-state index contributed by atoms with van der Waals surface area (Å²) in [5.41, 5.74) is 0.564. The van der Waals surface area contributed by atoms with Gasteiger partial charge in [0, 0.05) is 13.5 Å². The summed E-state index contributed by atoms with van der Waals surface area (Å²) in [6, 6.07) is 9.63. The third kappa shape index (κ3) is 3.10. The molecule has 2 aromatic rings. The second-order valence-corrected chi connectivity index (χ2v) is 5.32. The maximum atomic E-state index is 9.05. The molecule has 1 atom stereocenters. The highest BCUT2D eigenvalue weighted by Gasteiger charge is 2.29. The Morgan fingerprint density at radius 1 is 1.45 bits per heavy atom. The summed E-state index contributed by atoms with van der Waals surface area (Å²) in [7, 11) is 0. The van der Waals surface area contributed by atoms with Crippen molar-refractivity contribution in [2.45, 2.75) is 25.8 Å². The molecule has 0 spiro atoms. The summed E-state index contributed by atoms with van der Waals surface area (Å²) in [5, 5.41) is 13.1. The highest BCUT2D eigenvalue weighted by molar-refractivity contribution is 5.42. The quantitative estimate of drug-likeness (QED) is 0.844. The molecule has 1 saturated heterocycles. The summed E-state index contributed by atoms with van der Waals surface area (Å²) < 4.78 is 10.8. The molecule has 0 N–H and O–H groups in total. The van der Waals surface area contributed by atoms with Gasteiger partial charge in [-0.05, 0) is 31.5 Å². The van der Waals surface area contributed by atoms with Gasteiger partial charge in [0.25, 0.3) is 0 Å². The van der Waals surface area contributed by atoms with Crippen LogP contribution in [0.5, 0.6) is 5.75 Å². The molecule has 3 rings (SSSR count). The van der Waals surface area contributed by atoms with Crippen molar-refractivity contribution in [1.29, 1.82) is 5.26 Å². The molecule has 1 aromatic carbocycles. The van der Waals surface area contributed by atoms with Gasteiger partial charge in [-0.15, -0.1) is 0 Å². The maximum Gasteiger partial charge on any atom is 0.223 e. The number of hydrogen-bond acceptors (Lipinski definition) is 6. The van der Waals surface area contributed by atoms with Gasteiger partial charge in [-0.3, -0.25) is 4.90 Å². The van der Waals surface area contributed by atoms with Crippen molar-refractivity contribution >= 4 is 0 Å². The van der Waals surface area contributed by atoms with Crippen LogP contribution in [0.4, 0.5) is 0 Å². The normalized spacial score (nSPS) is 18.3. The van der Waals surface area contributed by atoms with Gasteiger partial charge in [-0.1, -0.05) is 17.3 Å². The summed E-state index contributed by atoms with van der Waals surface area (Å²) >= 11 is 0. The van der Waals surface area contributed by atoms with Gasteiger partial charge < -0.3 is 9.26 Å².